The van der Waals surface area contributed by atoms with Crippen LogP contribution in [0.2, 0.25) is 0 Å². The fraction of sp³-hybridized carbons (Fsp3) is 0.667. The number of rotatable bonds is 4. The van der Waals surface area contributed by atoms with Gasteiger partial charge in [-0.1, -0.05) is 20.8 Å². The molecule has 0 saturated heterocycles. The summed E-state index contributed by atoms with van der Waals surface area (Å²) in [4.78, 5) is 11.7. The Bertz CT molecular complexity index is 378. The SMILES string of the molecule is CCn1ccc(NC(=O)CC(N)C(C)(C)C)n1. The van der Waals surface area contributed by atoms with Gasteiger partial charge in [-0.2, -0.15) is 5.10 Å². The lowest BCUT2D eigenvalue weighted by molar-refractivity contribution is -0.117. The summed E-state index contributed by atoms with van der Waals surface area (Å²) in [6, 6.07) is 1.63. The van der Waals surface area contributed by atoms with Crippen LogP contribution in [0.1, 0.15) is 34.1 Å². The fourth-order valence-corrected chi connectivity index (χ4v) is 1.30. The number of nitrogens with one attached hydrogen (secondary N) is 1. The van der Waals surface area contributed by atoms with Gasteiger partial charge in [-0.25, -0.2) is 0 Å². The van der Waals surface area contributed by atoms with E-state index in [-0.39, 0.29) is 17.4 Å². The van der Waals surface area contributed by atoms with Crippen molar-refractivity contribution in [1.29, 1.82) is 0 Å². The molecule has 1 aromatic heterocycles. The van der Waals surface area contributed by atoms with Crippen LogP contribution in [-0.4, -0.2) is 21.7 Å². The molecule has 0 aliphatic carbocycles. The van der Waals surface area contributed by atoms with E-state index < -0.39 is 0 Å². The third-order valence-corrected chi connectivity index (χ3v) is 2.75. The molecule has 3 N–H and O–H groups in total. The zero-order valence-electron chi connectivity index (χ0n) is 11.0. The van der Waals surface area contributed by atoms with Crippen LogP contribution in [0.4, 0.5) is 5.82 Å². The molecule has 0 spiro atoms. The molecule has 0 radical (unpaired) electrons. The van der Waals surface area contributed by atoms with Crippen LogP contribution in [0.25, 0.3) is 0 Å². The molecule has 1 rings (SSSR count). The second-order valence-corrected chi connectivity index (χ2v) is 5.28. The van der Waals surface area contributed by atoms with Crippen LogP contribution in [0.15, 0.2) is 12.3 Å². The summed E-state index contributed by atoms with van der Waals surface area (Å²) in [6.07, 6.45) is 2.14. The molecule has 0 aliphatic rings. The second kappa shape index (κ2) is 5.31. The first-order valence-electron chi connectivity index (χ1n) is 5.92. The molecule has 1 amide bonds. The van der Waals surface area contributed by atoms with Crippen LogP contribution < -0.4 is 11.1 Å². The van der Waals surface area contributed by atoms with E-state index in [0.717, 1.165) is 6.54 Å². The first-order chi connectivity index (χ1) is 7.82. The minimum atomic E-state index is -0.157. The lowest BCUT2D eigenvalue weighted by atomic mass is 9.85. The summed E-state index contributed by atoms with van der Waals surface area (Å²) in [5.41, 5.74) is 5.88. The maximum Gasteiger partial charge on any atom is 0.227 e. The van der Waals surface area contributed by atoms with Gasteiger partial charge in [0.05, 0.1) is 0 Å². The molecule has 0 bridgehead atoms. The van der Waals surface area contributed by atoms with Crippen molar-refractivity contribution in [3.8, 4) is 0 Å². The second-order valence-electron chi connectivity index (χ2n) is 5.28. The van der Waals surface area contributed by atoms with Gasteiger partial charge in [-0.3, -0.25) is 9.48 Å². The molecule has 0 aliphatic heterocycles. The number of nitrogens with two attached hydrogens (primary N) is 1. The van der Waals surface area contributed by atoms with Crippen molar-refractivity contribution in [2.45, 2.75) is 46.7 Å². The van der Waals surface area contributed by atoms with E-state index in [9.17, 15) is 4.79 Å². The summed E-state index contributed by atoms with van der Waals surface area (Å²) in [5.74, 6) is 0.492. The Labute approximate surface area is 102 Å². The molecular formula is C12H22N4O. The maximum absolute atomic E-state index is 11.7. The zero-order valence-corrected chi connectivity index (χ0v) is 11.0. The normalized spacial score (nSPS) is 13.5. The Balaban J connectivity index is 2.50. The molecule has 1 unspecified atom stereocenters. The standard InChI is InChI=1S/C12H22N4O/c1-5-16-7-6-10(15-16)14-11(17)8-9(13)12(2,3)4/h6-7,9H,5,8,13H2,1-4H3,(H,14,15,17). The average Bonchev–Trinajstić information content (AvgIpc) is 2.63. The Hall–Kier alpha value is -1.36. The number of hydrogen-bond donors (Lipinski definition) is 2. The Morgan fingerprint density at radius 2 is 2.24 bits per heavy atom. The van der Waals surface area contributed by atoms with Crippen molar-refractivity contribution in [2.75, 3.05) is 5.32 Å². The number of anilines is 1. The van der Waals surface area contributed by atoms with E-state index in [1.807, 2.05) is 33.9 Å². The monoisotopic (exact) mass is 238 g/mol. The molecule has 0 fully saturated rings. The van der Waals surface area contributed by atoms with Crippen molar-refractivity contribution < 1.29 is 4.79 Å². The van der Waals surface area contributed by atoms with Gasteiger partial charge in [0, 0.05) is 31.3 Å². The quantitative estimate of drug-likeness (QED) is 0.837. The average molecular weight is 238 g/mol. The molecule has 96 valence electrons. The van der Waals surface area contributed by atoms with Gasteiger partial charge in [0.25, 0.3) is 0 Å². The summed E-state index contributed by atoms with van der Waals surface area (Å²) in [6.45, 7) is 8.86. The van der Waals surface area contributed by atoms with Crippen molar-refractivity contribution in [3.05, 3.63) is 12.3 Å². The molecule has 1 atom stereocenters. The Morgan fingerprint density at radius 1 is 1.59 bits per heavy atom. The van der Waals surface area contributed by atoms with Gasteiger partial charge in [-0.05, 0) is 12.3 Å². The topological polar surface area (TPSA) is 72.9 Å². The lowest BCUT2D eigenvalue weighted by Gasteiger charge is -2.26. The van der Waals surface area contributed by atoms with Gasteiger partial charge < -0.3 is 11.1 Å². The molecule has 5 nitrogen and oxygen atoms in total. The minimum absolute atomic E-state index is 0.0693. The van der Waals surface area contributed by atoms with Crippen LogP contribution in [0.3, 0.4) is 0 Å². The Morgan fingerprint density at radius 3 is 2.71 bits per heavy atom. The van der Waals surface area contributed by atoms with Crippen molar-refractivity contribution in [3.63, 3.8) is 0 Å². The van der Waals surface area contributed by atoms with E-state index >= 15 is 0 Å². The number of hydrogen-bond acceptors (Lipinski definition) is 3. The first kappa shape index (κ1) is 13.7. The summed E-state index contributed by atoms with van der Waals surface area (Å²) < 4.78 is 1.76. The molecular weight excluding hydrogens is 216 g/mol. The number of carbonyl (C=O) groups is 1. The largest absolute Gasteiger partial charge is 0.327 e. The predicted octanol–water partition coefficient (Wildman–Crippen LogP) is 1.60. The molecule has 17 heavy (non-hydrogen) atoms. The van der Waals surface area contributed by atoms with Crippen LogP contribution >= 0.6 is 0 Å². The summed E-state index contributed by atoms with van der Waals surface area (Å²) in [5, 5.41) is 6.93. The maximum atomic E-state index is 11.7. The van der Waals surface area contributed by atoms with Gasteiger partial charge in [0.2, 0.25) is 5.91 Å². The molecule has 1 aromatic rings. The number of carbonyl (C=O) groups excluding carboxylic acids is 1. The number of amides is 1. The number of nitrogens with zero attached hydrogens (tertiary/aromatic N) is 2. The van der Waals surface area contributed by atoms with Gasteiger partial charge >= 0.3 is 0 Å². The number of aromatic nitrogens is 2. The predicted molar refractivity (Wildman–Crippen MR) is 68.6 cm³/mol. The van der Waals surface area contributed by atoms with E-state index in [2.05, 4.69) is 10.4 Å². The molecule has 0 saturated carbocycles. The first-order valence-corrected chi connectivity index (χ1v) is 5.92. The highest BCUT2D eigenvalue weighted by atomic mass is 16.1. The molecule has 1 heterocycles. The van der Waals surface area contributed by atoms with Crippen molar-refractivity contribution in [1.82, 2.24) is 9.78 Å². The van der Waals surface area contributed by atoms with E-state index in [1.54, 1.807) is 10.7 Å². The van der Waals surface area contributed by atoms with Gasteiger partial charge in [0.15, 0.2) is 5.82 Å². The minimum Gasteiger partial charge on any atom is -0.327 e. The van der Waals surface area contributed by atoms with Crippen LogP contribution in [0, 0.1) is 5.41 Å². The highest BCUT2D eigenvalue weighted by molar-refractivity contribution is 5.90. The summed E-state index contributed by atoms with van der Waals surface area (Å²) >= 11 is 0. The van der Waals surface area contributed by atoms with Crippen molar-refractivity contribution >= 4 is 11.7 Å². The van der Waals surface area contributed by atoms with Crippen LogP contribution in [-0.2, 0) is 11.3 Å². The Kier molecular flexibility index (Phi) is 4.28. The highest BCUT2D eigenvalue weighted by Crippen LogP contribution is 2.20. The van der Waals surface area contributed by atoms with Crippen LogP contribution in [0.5, 0.6) is 0 Å². The zero-order chi connectivity index (χ0) is 13.1. The smallest absolute Gasteiger partial charge is 0.227 e. The van der Waals surface area contributed by atoms with Gasteiger partial charge in [0.1, 0.15) is 0 Å². The fourth-order valence-electron chi connectivity index (χ4n) is 1.30. The third-order valence-electron chi connectivity index (χ3n) is 2.75. The molecule has 5 heteroatoms. The van der Waals surface area contributed by atoms with E-state index in [4.69, 9.17) is 5.73 Å². The summed E-state index contributed by atoms with van der Waals surface area (Å²) in [7, 11) is 0. The lowest BCUT2D eigenvalue weighted by Crippen LogP contribution is -2.38. The van der Waals surface area contributed by atoms with E-state index in [1.165, 1.54) is 0 Å². The highest BCUT2D eigenvalue weighted by Gasteiger charge is 2.23. The number of aryl methyl sites for hydroxylation is 1. The molecule has 0 aromatic carbocycles. The van der Waals surface area contributed by atoms with E-state index in [0.29, 0.717) is 12.2 Å². The third kappa shape index (κ3) is 4.19. The van der Waals surface area contributed by atoms with Gasteiger partial charge in [-0.15, -0.1) is 0 Å². The van der Waals surface area contributed by atoms with Crippen molar-refractivity contribution in [2.24, 2.45) is 11.1 Å².